The second kappa shape index (κ2) is 6.90. The Morgan fingerprint density at radius 3 is 2.94 bits per heavy atom. The lowest BCUT2D eigenvalue weighted by atomic mass is 10.3. The van der Waals surface area contributed by atoms with Crippen molar-refractivity contribution in [2.24, 2.45) is 0 Å². The van der Waals surface area contributed by atoms with Crippen LogP contribution in [0.4, 0.5) is 5.69 Å². The summed E-state index contributed by atoms with van der Waals surface area (Å²) >= 11 is 3.35. The van der Waals surface area contributed by atoms with Crippen molar-refractivity contribution >= 4 is 27.5 Å². The molecule has 0 unspecified atom stereocenters. The van der Waals surface area contributed by atoms with Gasteiger partial charge in [-0.2, -0.15) is 0 Å². The van der Waals surface area contributed by atoms with Gasteiger partial charge in [0.15, 0.2) is 0 Å². The minimum absolute atomic E-state index is 0.274. The lowest BCUT2D eigenvalue weighted by molar-refractivity contribution is -0.116. The molecule has 1 aromatic rings. The minimum Gasteiger partial charge on any atom is -0.501 e. The zero-order chi connectivity index (χ0) is 11.8. The van der Waals surface area contributed by atoms with Crippen molar-refractivity contribution in [3.05, 3.63) is 41.1 Å². The minimum atomic E-state index is -0.274. The molecule has 0 saturated heterocycles. The van der Waals surface area contributed by atoms with E-state index < -0.39 is 0 Å². The van der Waals surface area contributed by atoms with Gasteiger partial charge in [-0.15, -0.1) is 0 Å². The number of halogens is 1. The number of amides is 1. The summed E-state index contributed by atoms with van der Waals surface area (Å²) in [7, 11) is 0. The molecule has 0 fully saturated rings. The van der Waals surface area contributed by atoms with Crippen molar-refractivity contribution in [1.29, 1.82) is 0 Å². The summed E-state index contributed by atoms with van der Waals surface area (Å²) in [6, 6.07) is 7.49. The zero-order valence-corrected chi connectivity index (χ0v) is 10.5. The first-order valence-corrected chi connectivity index (χ1v) is 5.62. The van der Waals surface area contributed by atoms with E-state index in [-0.39, 0.29) is 5.91 Å². The molecule has 0 radical (unpaired) electrons. The highest BCUT2D eigenvalue weighted by Gasteiger charge is 1.98. The van der Waals surface area contributed by atoms with Crippen molar-refractivity contribution in [2.45, 2.75) is 6.92 Å². The molecule has 0 bridgehead atoms. The highest BCUT2D eigenvalue weighted by molar-refractivity contribution is 9.10. The first kappa shape index (κ1) is 12.6. The van der Waals surface area contributed by atoms with Gasteiger partial charge in [-0.3, -0.25) is 15.6 Å². The van der Waals surface area contributed by atoms with Crippen LogP contribution in [-0.4, -0.2) is 12.5 Å². The molecule has 0 spiro atoms. The lowest BCUT2D eigenvalue weighted by Crippen LogP contribution is -2.27. The molecule has 2 N–H and O–H groups in total. The number of hydrogen-bond acceptors (Lipinski definition) is 3. The first-order valence-electron chi connectivity index (χ1n) is 4.82. The quantitative estimate of drug-likeness (QED) is 0.496. The number of carbonyl (C=O) groups excluding carboxylic acids is 1. The maximum atomic E-state index is 11.2. The molecule has 1 rings (SSSR count). The van der Waals surface area contributed by atoms with E-state index in [1.807, 2.05) is 31.2 Å². The van der Waals surface area contributed by atoms with Gasteiger partial charge in [-0.25, -0.2) is 0 Å². The zero-order valence-electron chi connectivity index (χ0n) is 8.87. The van der Waals surface area contributed by atoms with Crippen LogP contribution in [0.15, 0.2) is 41.1 Å². The van der Waals surface area contributed by atoms with Crippen LogP contribution in [0, 0.1) is 0 Å². The molecular formula is C11H13BrN2O2. The summed E-state index contributed by atoms with van der Waals surface area (Å²) in [5.41, 5.74) is 6.09. The van der Waals surface area contributed by atoms with Crippen LogP contribution in [-0.2, 0) is 9.53 Å². The van der Waals surface area contributed by atoms with E-state index in [0.717, 1.165) is 10.2 Å². The summed E-state index contributed by atoms with van der Waals surface area (Å²) in [6.07, 6.45) is 2.67. The fourth-order valence-electron chi connectivity index (χ4n) is 0.939. The molecule has 4 nitrogen and oxygen atoms in total. The Bertz CT molecular complexity index is 380. The number of benzene rings is 1. The summed E-state index contributed by atoms with van der Waals surface area (Å²) in [4.78, 5) is 11.2. The SMILES string of the molecule is CCOC=CC(=O)NNc1ccccc1Br. The van der Waals surface area contributed by atoms with Crippen LogP contribution in [0.1, 0.15) is 6.92 Å². The third kappa shape index (κ3) is 4.35. The highest BCUT2D eigenvalue weighted by Crippen LogP contribution is 2.19. The molecule has 1 amide bonds. The maximum Gasteiger partial charge on any atom is 0.265 e. The Morgan fingerprint density at radius 2 is 2.25 bits per heavy atom. The molecule has 86 valence electrons. The Balaban J connectivity index is 2.40. The fraction of sp³-hybridized carbons (Fsp3) is 0.182. The predicted molar refractivity (Wildman–Crippen MR) is 66.7 cm³/mol. The Kier molecular flexibility index (Phi) is 5.42. The fourth-order valence-corrected chi connectivity index (χ4v) is 1.32. The van der Waals surface area contributed by atoms with Gasteiger partial charge in [-0.1, -0.05) is 12.1 Å². The average molecular weight is 285 g/mol. The number of hydrazine groups is 1. The molecule has 0 aromatic heterocycles. The summed E-state index contributed by atoms with van der Waals surface area (Å²) < 4.78 is 5.78. The van der Waals surface area contributed by atoms with Gasteiger partial charge in [0.05, 0.1) is 18.6 Å². The number of para-hydroxylation sites is 1. The highest BCUT2D eigenvalue weighted by atomic mass is 79.9. The molecular weight excluding hydrogens is 272 g/mol. The Hall–Kier alpha value is -1.49. The number of rotatable bonds is 5. The molecule has 0 saturated carbocycles. The van der Waals surface area contributed by atoms with Crippen molar-refractivity contribution in [3.8, 4) is 0 Å². The first-order chi connectivity index (χ1) is 7.74. The van der Waals surface area contributed by atoms with Gasteiger partial charge in [0, 0.05) is 10.5 Å². The summed E-state index contributed by atoms with van der Waals surface area (Å²) in [5.74, 6) is -0.274. The normalized spacial score (nSPS) is 10.1. The average Bonchev–Trinajstić information content (AvgIpc) is 2.28. The standard InChI is InChI=1S/C11H13BrN2O2/c1-2-16-8-7-11(15)14-13-10-6-4-3-5-9(10)12/h3-8,13H,2H2,1H3,(H,14,15). The Labute approximate surface area is 103 Å². The van der Waals surface area contributed by atoms with Gasteiger partial charge in [-0.05, 0) is 35.0 Å². The van der Waals surface area contributed by atoms with Gasteiger partial charge < -0.3 is 4.74 Å². The summed E-state index contributed by atoms with van der Waals surface area (Å²) in [5, 5.41) is 0. The number of hydrogen-bond donors (Lipinski definition) is 2. The molecule has 0 aliphatic carbocycles. The second-order valence-electron chi connectivity index (χ2n) is 2.85. The topological polar surface area (TPSA) is 50.4 Å². The van der Waals surface area contributed by atoms with E-state index in [1.165, 1.54) is 12.3 Å². The number of ether oxygens (including phenoxy) is 1. The van der Waals surface area contributed by atoms with Crippen LogP contribution in [0.2, 0.25) is 0 Å². The van der Waals surface area contributed by atoms with Crippen LogP contribution in [0.5, 0.6) is 0 Å². The molecule has 1 aromatic carbocycles. The molecule has 0 atom stereocenters. The third-order valence-corrected chi connectivity index (χ3v) is 2.37. The van der Waals surface area contributed by atoms with Gasteiger partial charge in [0.1, 0.15) is 0 Å². The van der Waals surface area contributed by atoms with Gasteiger partial charge in [0.25, 0.3) is 5.91 Å². The van der Waals surface area contributed by atoms with Crippen molar-refractivity contribution in [2.75, 3.05) is 12.0 Å². The van der Waals surface area contributed by atoms with E-state index >= 15 is 0 Å². The summed E-state index contributed by atoms with van der Waals surface area (Å²) in [6.45, 7) is 2.39. The van der Waals surface area contributed by atoms with Gasteiger partial charge >= 0.3 is 0 Å². The van der Waals surface area contributed by atoms with E-state index in [0.29, 0.717) is 6.61 Å². The Morgan fingerprint density at radius 1 is 1.50 bits per heavy atom. The second-order valence-corrected chi connectivity index (χ2v) is 3.71. The van der Waals surface area contributed by atoms with Crippen LogP contribution < -0.4 is 10.9 Å². The largest absolute Gasteiger partial charge is 0.501 e. The van der Waals surface area contributed by atoms with Crippen molar-refractivity contribution < 1.29 is 9.53 Å². The smallest absolute Gasteiger partial charge is 0.265 e. The van der Waals surface area contributed by atoms with Crippen molar-refractivity contribution in [1.82, 2.24) is 5.43 Å². The van der Waals surface area contributed by atoms with E-state index in [9.17, 15) is 4.79 Å². The van der Waals surface area contributed by atoms with Crippen LogP contribution >= 0.6 is 15.9 Å². The molecule has 0 aliphatic rings. The number of carbonyl (C=O) groups is 1. The molecule has 5 heteroatoms. The molecule has 0 aliphatic heterocycles. The van der Waals surface area contributed by atoms with Gasteiger partial charge in [0.2, 0.25) is 0 Å². The lowest BCUT2D eigenvalue weighted by Gasteiger charge is -2.07. The molecule has 16 heavy (non-hydrogen) atoms. The van der Waals surface area contributed by atoms with E-state index in [4.69, 9.17) is 4.74 Å². The number of nitrogens with one attached hydrogen (secondary N) is 2. The monoisotopic (exact) mass is 284 g/mol. The van der Waals surface area contributed by atoms with E-state index in [2.05, 4.69) is 26.8 Å². The van der Waals surface area contributed by atoms with Crippen LogP contribution in [0.3, 0.4) is 0 Å². The predicted octanol–water partition coefficient (Wildman–Crippen LogP) is 2.44. The number of anilines is 1. The third-order valence-electron chi connectivity index (χ3n) is 1.68. The van der Waals surface area contributed by atoms with E-state index in [1.54, 1.807) is 0 Å². The molecule has 0 heterocycles. The maximum absolute atomic E-state index is 11.2. The van der Waals surface area contributed by atoms with Crippen LogP contribution in [0.25, 0.3) is 0 Å². The van der Waals surface area contributed by atoms with Crippen molar-refractivity contribution in [3.63, 3.8) is 0 Å².